The summed E-state index contributed by atoms with van der Waals surface area (Å²) in [6.07, 6.45) is 2.13. The Kier molecular flexibility index (Phi) is 4.03. The zero-order chi connectivity index (χ0) is 17.4. The molecule has 0 aliphatic carbocycles. The Morgan fingerprint density at radius 3 is 2.88 bits per heavy atom. The minimum Gasteiger partial charge on any atom is -0.356 e. The molecule has 6 nitrogen and oxygen atoms in total. The fourth-order valence-corrected chi connectivity index (χ4v) is 3.75. The number of anilines is 1. The maximum absolute atomic E-state index is 12.2. The van der Waals surface area contributed by atoms with Crippen LogP contribution >= 0.6 is 0 Å². The van der Waals surface area contributed by atoms with E-state index in [0.717, 1.165) is 48.5 Å². The average Bonchev–Trinajstić information content (AvgIpc) is 2.95. The summed E-state index contributed by atoms with van der Waals surface area (Å²) in [5.74, 6) is 2.17. The van der Waals surface area contributed by atoms with E-state index >= 15 is 0 Å². The summed E-state index contributed by atoms with van der Waals surface area (Å²) in [5.41, 5.74) is 0.990. The van der Waals surface area contributed by atoms with Gasteiger partial charge in [-0.15, -0.1) is 0 Å². The lowest BCUT2D eigenvalue weighted by Crippen LogP contribution is -2.36. The van der Waals surface area contributed by atoms with Crippen molar-refractivity contribution in [2.24, 2.45) is 7.05 Å². The fraction of sp³-hybridized carbons (Fsp3) is 0.421. The summed E-state index contributed by atoms with van der Waals surface area (Å²) >= 11 is 0. The summed E-state index contributed by atoms with van der Waals surface area (Å²) in [4.78, 5) is 19.3. The first-order valence-corrected chi connectivity index (χ1v) is 8.92. The Balaban J connectivity index is 1.64. The second-order valence-electron chi connectivity index (χ2n) is 6.66. The molecule has 0 amide bonds. The minimum absolute atomic E-state index is 0.0292. The van der Waals surface area contributed by atoms with Crippen LogP contribution in [0.1, 0.15) is 31.5 Å². The maximum Gasteiger partial charge on any atom is 0.345 e. The molecular formula is C19H23N5O. The van der Waals surface area contributed by atoms with Crippen LogP contribution in [0.15, 0.2) is 41.2 Å². The van der Waals surface area contributed by atoms with Gasteiger partial charge in [-0.1, -0.05) is 18.2 Å². The monoisotopic (exact) mass is 337 g/mol. The van der Waals surface area contributed by atoms with Crippen LogP contribution in [0.5, 0.6) is 0 Å². The lowest BCUT2D eigenvalue weighted by molar-refractivity contribution is 0.468. The van der Waals surface area contributed by atoms with Crippen LogP contribution in [0, 0.1) is 0 Å². The fourth-order valence-electron chi connectivity index (χ4n) is 3.75. The number of hydrogen-bond acceptors (Lipinski definition) is 4. The third-order valence-corrected chi connectivity index (χ3v) is 5.05. The molecule has 1 atom stereocenters. The van der Waals surface area contributed by atoms with Crippen molar-refractivity contribution in [2.45, 2.75) is 32.2 Å². The van der Waals surface area contributed by atoms with Gasteiger partial charge in [0.05, 0.1) is 5.52 Å². The van der Waals surface area contributed by atoms with Crippen LogP contribution in [-0.4, -0.2) is 32.4 Å². The highest BCUT2D eigenvalue weighted by atomic mass is 16.2. The van der Waals surface area contributed by atoms with Gasteiger partial charge in [-0.25, -0.2) is 14.5 Å². The SMILES string of the molecule is CCn1c([C@@H]2CCCN(c3ccc4ccccc4n3)C2)nn(C)c1=O. The van der Waals surface area contributed by atoms with Gasteiger partial charge in [0.1, 0.15) is 11.6 Å². The Labute approximate surface area is 146 Å². The van der Waals surface area contributed by atoms with E-state index in [2.05, 4.69) is 28.2 Å². The number of hydrogen-bond donors (Lipinski definition) is 0. The maximum atomic E-state index is 12.2. The first-order chi connectivity index (χ1) is 12.2. The predicted octanol–water partition coefficient (Wildman–Crippen LogP) is 2.53. The number of aryl methyl sites for hydroxylation is 1. The molecule has 25 heavy (non-hydrogen) atoms. The summed E-state index contributed by atoms with van der Waals surface area (Å²) < 4.78 is 3.24. The first-order valence-electron chi connectivity index (χ1n) is 8.92. The summed E-state index contributed by atoms with van der Waals surface area (Å²) in [5, 5.41) is 5.66. The molecule has 0 bridgehead atoms. The van der Waals surface area contributed by atoms with Gasteiger partial charge in [0.25, 0.3) is 0 Å². The number of pyridine rings is 1. The van der Waals surface area contributed by atoms with Gasteiger partial charge in [0, 0.05) is 38.0 Å². The Bertz CT molecular complexity index is 958. The van der Waals surface area contributed by atoms with Crippen LogP contribution < -0.4 is 10.6 Å². The second kappa shape index (κ2) is 6.35. The van der Waals surface area contributed by atoms with Crippen LogP contribution in [-0.2, 0) is 13.6 Å². The highest BCUT2D eigenvalue weighted by Gasteiger charge is 2.27. The van der Waals surface area contributed by atoms with Gasteiger partial charge in [-0.05, 0) is 38.0 Å². The van der Waals surface area contributed by atoms with Crippen LogP contribution in [0.4, 0.5) is 5.82 Å². The standard InChI is InChI=1S/C19H23N5O/c1-3-24-18(21-22(2)19(24)25)15-8-6-12-23(13-15)17-11-10-14-7-4-5-9-16(14)20-17/h4-5,7,9-11,15H,3,6,8,12-13H2,1-2H3/t15-/m1/s1. The molecule has 6 heteroatoms. The molecular weight excluding hydrogens is 314 g/mol. The second-order valence-corrected chi connectivity index (χ2v) is 6.66. The molecule has 4 rings (SSSR count). The number of rotatable bonds is 3. The van der Waals surface area contributed by atoms with Crippen molar-refractivity contribution in [3.8, 4) is 0 Å². The van der Waals surface area contributed by atoms with Gasteiger partial charge in [0.2, 0.25) is 0 Å². The average molecular weight is 337 g/mol. The van der Waals surface area contributed by atoms with Gasteiger partial charge in [-0.3, -0.25) is 4.57 Å². The van der Waals surface area contributed by atoms with E-state index in [1.807, 2.05) is 25.1 Å². The van der Waals surface area contributed by atoms with Crippen LogP contribution in [0.3, 0.4) is 0 Å². The van der Waals surface area contributed by atoms with E-state index in [4.69, 9.17) is 4.98 Å². The van der Waals surface area contributed by atoms with Crippen LogP contribution in [0.25, 0.3) is 10.9 Å². The van der Waals surface area contributed by atoms with Crippen molar-refractivity contribution >= 4 is 16.7 Å². The Morgan fingerprint density at radius 1 is 1.20 bits per heavy atom. The molecule has 3 heterocycles. The van der Waals surface area contributed by atoms with Crippen molar-refractivity contribution in [3.63, 3.8) is 0 Å². The predicted molar refractivity (Wildman–Crippen MR) is 99.1 cm³/mol. The number of nitrogens with zero attached hydrogens (tertiary/aromatic N) is 5. The molecule has 0 N–H and O–H groups in total. The van der Waals surface area contributed by atoms with E-state index in [1.165, 1.54) is 4.68 Å². The van der Waals surface area contributed by atoms with E-state index in [0.29, 0.717) is 6.54 Å². The molecule has 0 unspecified atom stereocenters. The third kappa shape index (κ3) is 2.81. The molecule has 1 aliphatic rings. The third-order valence-electron chi connectivity index (χ3n) is 5.05. The number of para-hydroxylation sites is 1. The van der Waals surface area contributed by atoms with E-state index in [1.54, 1.807) is 11.6 Å². The quantitative estimate of drug-likeness (QED) is 0.737. The normalized spacial score (nSPS) is 18.0. The molecule has 3 aromatic rings. The molecule has 0 spiro atoms. The van der Waals surface area contributed by atoms with Crippen molar-refractivity contribution in [1.82, 2.24) is 19.3 Å². The van der Waals surface area contributed by atoms with Crippen molar-refractivity contribution in [3.05, 3.63) is 52.7 Å². The first kappa shape index (κ1) is 15.9. The Hall–Kier alpha value is -2.63. The molecule has 1 aromatic carbocycles. The van der Waals surface area contributed by atoms with Crippen LogP contribution in [0.2, 0.25) is 0 Å². The van der Waals surface area contributed by atoms with Gasteiger partial charge < -0.3 is 4.90 Å². The molecule has 0 saturated carbocycles. The zero-order valence-corrected chi connectivity index (χ0v) is 14.7. The molecule has 2 aromatic heterocycles. The largest absolute Gasteiger partial charge is 0.356 e. The molecule has 0 radical (unpaired) electrons. The number of fused-ring (bicyclic) bond motifs is 1. The van der Waals surface area contributed by atoms with E-state index in [9.17, 15) is 4.79 Å². The summed E-state index contributed by atoms with van der Waals surface area (Å²) in [6.45, 7) is 4.50. The lowest BCUT2D eigenvalue weighted by Gasteiger charge is -2.33. The van der Waals surface area contributed by atoms with Gasteiger partial charge in [-0.2, -0.15) is 5.10 Å². The number of piperidine rings is 1. The summed E-state index contributed by atoms with van der Waals surface area (Å²) in [7, 11) is 1.73. The number of benzene rings is 1. The highest BCUT2D eigenvalue weighted by Crippen LogP contribution is 2.28. The van der Waals surface area contributed by atoms with Gasteiger partial charge in [0.15, 0.2) is 0 Å². The minimum atomic E-state index is -0.0292. The van der Waals surface area contributed by atoms with Gasteiger partial charge >= 0.3 is 5.69 Å². The molecule has 1 fully saturated rings. The smallest absolute Gasteiger partial charge is 0.345 e. The van der Waals surface area contributed by atoms with E-state index < -0.39 is 0 Å². The van der Waals surface area contributed by atoms with E-state index in [-0.39, 0.29) is 11.6 Å². The lowest BCUT2D eigenvalue weighted by atomic mass is 9.97. The molecule has 1 saturated heterocycles. The summed E-state index contributed by atoms with van der Waals surface area (Å²) in [6, 6.07) is 12.4. The van der Waals surface area contributed by atoms with Crippen molar-refractivity contribution in [2.75, 3.05) is 18.0 Å². The topological polar surface area (TPSA) is 56.0 Å². The van der Waals surface area contributed by atoms with Crippen molar-refractivity contribution in [1.29, 1.82) is 0 Å². The van der Waals surface area contributed by atoms with Crippen molar-refractivity contribution < 1.29 is 0 Å². The Morgan fingerprint density at radius 2 is 2.04 bits per heavy atom. The molecule has 130 valence electrons. The zero-order valence-electron chi connectivity index (χ0n) is 14.7. The highest BCUT2D eigenvalue weighted by molar-refractivity contribution is 5.80. The molecule has 1 aliphatic heterocycles. The number of aromatic nitrogens is 4.